The van der Waals surface area contributed by atoms with Gasteiger partial charge in [0.15, 0.2) is 0 Å². The van der Waals surface area contributed by atoms with Gasteiger partial charge in [0.05, 0.1) is 0 Å². The molecule has 2 nitrogen and oxygen atoms in total. The minimum atomic E-state index is -0.458. The minimum Gasteiger partial charge on any atom is -0.351 e. The Bertz CT molecular complexity index is 379. The maximum Gasteiger partial charge on any atom is 0.224 e. The van der Waals surface area contributed by atoms with Crippen LogP contribution in [0, 0.1) is 29.6 Å². The van der Waals surface area contributed by atoms with Crippen LogP contribution in [0.25, 0.3) is 0 Å². The third-order valence-electron chi connectivity index (χ3n) is 5.12. The average Bonchev–Trinajstić information content (AvgIpc) is 2.99. The largest absolute Gasteiger partial charge is 0.351 e. The highest BCUT2D eigenvalue weighted by Crippen LogP contribution is 2.67. The van der Waals surface area contributed by atoms with Crippen LogP contribution in [0.4, 0.5) is 0 Å². The molecule has 4 atom stereocenters. The quantitative estimate of drug-likeness (QED) is 0.734. The summed E-state index contributed by atoms with van der Waals surface area (Å²) in [4.78, 5) is 12.3. The minimum absolute atomic E-state index is 0.126. The molecule has 0 heterocycles. The van der Waals surface area contributed by atoms with Crippen molar-refractivity contribution in [3.63, 3.8) is 0 Å². The highest BCUT2D eigenvalue weighted by molar-refractivity contribution is 6.51. The molecular weight excluding hydrogens is 281 g/mol. The lowest BCUT2D eigenvalue weighted by atomic mass is 10.0. The van der Waals surface area contributed by atoms with E-state index >= 15 is 0 Å². The van der Waals surface area contributed by atoms with E-state index in [1.54, 1.807) is 0 Å². The Kier molecular flexibility index (Phi) is 3.15. The molecule has 3 aliphatic carbocycles. The number of halogens is 2. The zero-order valence-corrected chi connectivity index (χ0v) is 13.4. The smallest absolute Gasteiger partial charge is 0.224 e. The molecule has 0 saturated heterocycles. The van der Waals surface area contributed by atoms with E-state index in [4.69, 9.17) is 23.2 Å². The summed E-state index contributed by atoms with van der Waals surface area (Å²) in [6.45, 7) is 6.12. The SMILES string of the molecule is CC(C)(C)NC(=O)C1C2CCC3C(CCC21)C3(Cl)Cl. The molecule has 3 rings (SSSR count). The van der Waals surface area contributed by atoms with E-state index in [-0.39, 0.29) is 17.4 Å². The average molecular weight is 304 g/mol. The zero-order valence-electron chi connectivity index (χ0n) is 11.9. The van der Waals surface area contributed by atoms with E-state index in [2.05, 4.69) is 5.32 Å². The van der Waals surface area contributed by atoms with E-state index in [0.29, 0.717) is 23.7 Å². The third-order valence-corrected chi connectivity index (χ3v) is 6.24. The Morgan fingerprint density at radius 3 is 1.95 bits per heavy atom. The fourth-order valence-corrected chi connectivity index (χ4v) is 4.98. The Morgan fingerprint density at radius 2 is 1.53 bits per heavy atom. The van der Waals surface area contributed by atoms with Gasteiger partial charge in [0.25, 0.3) is 0 Å². The monoisotopic (exact) mass is 303 g/mol. The van der Waals surface area contributed by atoms with Crippen molar-refractivity contribution in [2.75, 3.05) is 0 Å². The number of carbonyl (C=O) groups excluding carboxylic acids is 1. The summed E-state index contributed by atoms with van der Waals surface area (Å²) in [7, 11) is 0. The molecule has 0 spiro atoms. The first-order chi connectivity index (χ1) is 8.72. The number of hydrogen-bond donors (Lipinski definition) is 1. The lowest BCUT2D eigenvalue weighted by Crippen LogP contribution is -2.42. The zero-order chi connectivity index (χ0) is 14.0. The fraction of sp³-hybridized carbons (Fsp3) is 0.933. The molecule has 0 aliphatic heterocycles. The van der Waals surface area contributed by atoms with Gasteiger partial charge in [0.1, 0.15) is 4.33 Å². The van der Waals surface area contributed by atoms with Gasteiger partial charge in [-0.05, 0) is 70.1 Å². The second-order valence-electron chi connectivity index (χ2n) is 7.63. The van der Waals surface area contributed by atoms with Crippen LogP contribution >= 0.6 is 23.2 Å². The van der Waals surface area contributed by atoms with E-state index in [1.807, 2.05) is 20.8 Å². The predicted molar refractivity (Wildman–Crippen MR) is 78.3 cm³/mol. The number of rotatable bonds is 1. The van der Waals surface area contributed by atoms with Gasteiger partial charge >= 0.3 is 0 Å². The molecule has 3 fully saturated rings. The Morgan fingerprint density at radius 1 is 1.05 bits per heavy atom. The molecule has 0 aromatic heterocycles. The van der Waals surface area contributed by atoms with Gasteiger partial charge in [0, 0.05) is 11.5 Å². The second-order valence-corrected chi connectivity index (χ2v) is 9.08. The second kappa shape index (κ2) is 4.27. The molecule has 19 heavy (non-hydrogen) atoms. The van der Waals surface area contributed by atoms with Crippen LogP contribution in [0.5, 0.6) is 0 Å². The molecule has 1 N–H and O–H groups in total. The van der Waals surface area contributed by atoms with Crippen LogP contribution < -0.4 is 5.32 Å². The van der Waals surface area contributed by atoms with Crippen molar-refractivity contribution < 1.29 is 4.79 Å². The lowest BCUT2D eigenvalue weighted by molar-refractivity contribution is -0.124. The van der Waals surface area contributed by atoms with Crippen molar-refractivity contribution in [2.45, 2.75) is 56.3 Å². The van der Waals surface area contributed by atoms with Crippen LogP contribution in [0.1, 0.15) is 46.5 Å². The number of fused-ring (bicyclic) bond motifs is 2. The van der Waals surface area contributed by atoms with Gasteiger partial charge in [-0.1, -0.05) is 0 Å². The Hall–Kier alpha value is 0.0500. The summed E-state index contributed by atoms with van der Waals surface area (Å²) in [5.41, 5.74) is -0.126. The van der Waals surface area contributed by atoms with Crippen molar-refractivity contribution >= 4 is 29.1 Å². The first kappa shape index (κ1) is 14.0. The molecule has 4 heteroatoms. The Labute approximate surface area is 125 Å². The molecule has 0 bridgehead atoms. The van der Waals surface area contributed by atoms with E-state index in [1.165, 1.54) is 0 Å². The number of alkyl halides is 2. The van der Waals surface area contributed by atoms with E-state index in [9.17, 15) is 4.79 Å². The highest BCUT2D eigenvalue weighted by atomic mass is 35.5. The third kappa shape index (κ3) is 2.51. The number of nitrogens with one attached hydrogen (secondary N) is 1. The van der Waals surface area contributed by atoms with Crippen molar-refractivity contribution in [3.05, 3.63) is 0 Å². The van der Waals surface area contributed by atoms with Crippen molar-refractivity contribution in [1.29, 1.82) is 0 Å². The number of hydrogen-bond acceptors (Lipinski definition) is 1. The van der Waals surface area contributed by atoms with Crippen molar-refractivity contribution in [2.24, 2.45) is 29.6 Å². The molecule has 108 valence electrons. The van der Waals surface area contributed by atoms with E-state index < -0.39 is 4.33 Å². The van der Waals surface area contributed by atoms with Crippen LogP contribution in [-0.4, -0.2) is 15.8 Å². The lowest BCUT2D eigenvalue weighted by Gasteiger charge is -2.20. The maximum absolute atomic E-state index is 12.3. The number of carbonyl (C=O) groups is 1. The maximum atomic E-state index is 12.3. The fourth-order valence-electron chi connectivity index (χ4n) is 4.07. The normalized spacial score (nSPS) is 43.3. The topological polar surface area (TPSA) is 29.1 Å². The van der Waals surface area contributed by atoms with Crippen LogP contribution in [0.2, 0.25) is 0 Å². The van der Waals surface area contributed by atoms with Gasteiger partial charge in [-0.15, -0.1) is 23.2 Å². The standard InChI is InChI=1S/C15H23Cl2NO/c1-14(2,3)18-13(19)12-8-4-6-10-11(15(10,16)17)7-5-9(8)12/h8-12H,4-7H2,1-3H3,(H,18,19). The van der Waals surface area contributed by atoms with Gasteiger partial charge in [-0.3, -0.25) is 4.79 Å². The summed E-state index contributed by atoms with van der Waals surface area (Å²) in [6.07, 6.45) is 4.43. The first-order valence-electron chi connectivity index (χ1n) is 7.41. The number of amides is 1. The van der Waals surface area contributed by atoms with Gasteiger partial charge in [0.2, 0.25) is 5.91 Å². The molecule has 3 saturated carbocycles. The summed E-state index contributed by atoms with van der Waals surface area (Å²) in [6, 6.07) is 0. The summed E-state index contributed by atoms with van der Waals surface area (Å²) < 4.78 is -0.458. The highest BCUT2D eigenvalue weighted by Gasteiger charge is 2.65. The molecular formula is C15H23Cl2NO. The van der Waals surface area contributed by atoms with E-state index in [0.717, 1.165) is 25.7 Å². The molecule has 1 amide bonds. The first-order valence-corrected chi connectivity index (χ1v) is 8.17. The van der Waals surface area contributed by atoms with Gasteiger partial charge in [-0.25, -0.2) is 0 Å². The van der Waals surface area contributed by atoms with Crippen molar-refractivity contribution in [1.82, 2.24) is 5.32 Å². The molecule has 0 radical (unpaired) electrons. The molecule has 0 aromatic rings. The van der Waals surface area contributed by atoms with Crippen LogP contribution in [0.3, 0.4) is 0 Å². The van der Waals surface area contributed by atoms with Gasteiger partial charge < -0.3 is 5.32 Å². The molecule has 3 aliphatic rings. The predicted octanol–water partition coefficient (Wildman–Crippen LogP) is 3.76. The summed E-state index contributed by atoms with van der Waals surface area (Å²) in [5.74, 6) is 2.60. The summed E-state index contributed by atoms with van der Waals surface area (Å²) in [5, 5.41) is 3.13. The molecule has 0 aromatic carbocycles. The molecule has 4 unspecified atom stereocenters. The summed E-state index contributed by atoms with van der Waals surface area (Å²) >= 11 is 12.6. The van der Waals surface area contributed by atoms with Crippen LogP contribution in [0.15, 0.2) is 0 Å². The Balaban J connectivity index is 1.58. The van der Waals surface area contributed by atoms with Crippen LogP contribution in [-0.2, 0) is 4.79 Å². The van der Waals surface area contributed by atoms with Gasteiger partial charge in [-0.2, -0.15) is 0 Å². The van der Waals surface area contributed by atoms with Crippen molar-refractivity contribution in [3.8, 4) is 0 Å².